The zero-order chi connectivity index (χ0) is 7.03. The third-order valence-electron chi connectivity index (χ3n) is 2.08. The minimum absolute atomic E-state index is 0.207. The molecule has 0 aromatic heterocycles. The summed E-state index contributed by atoms with van der Waals surface area (Å²) in [4.78, 5) is 0. The van der Waals surface area contributed by atoms with Gasteiger partial charge in [-0.1, -0.05) is 30.3 Å². The molecule has 1 fully saturated rings. The third kappa shape index (κ3) is 0.830. The Hall–Kier alpha value is -0.820. The largest absolute Gasteiger partial charge is 0.246 e. The van der Waals surface area contributed by atoms with E-state index in [4.69, 9.17) is 5.73 Å². The first-order chi connectivity index (χ1) is 4.81. The molecule has 0 amide bonds. The van der Waals surface area contributed by atoms with Crippen molar-refractivity contribution in [1.82, 2.24) is 5.73 Å². The van der Waals surface area contributed by atoms with E-state index in [9.17, 15) is 0 Å². The summed E-state index contributed by atoms with van der Waals surface area (Å²) in [5, 5.41) is 0. The Bertz CT molecular complexity index is 224. The highest BCUT2D eigenvalue weighted by Crippen LogP contribution is 2.43. The summed E-state index contributed by atoms with van der Waals surface area (Å²) >= 11 is 0. The molecule has 1 aliphatic carbocycles. The van der Waals surface area contributed by atoms with E-state index >= 15 is 0 Å². The van der Waals surface area contributed by atoms with Crippen LogP contribution in [0.15, 0.2) is 30.3 Å². The van der Waals surface area contributed by atoms with Gasteiger partial charge in [-0.2, -0.15) is 0 Å². The number of nitrogens with one attached hydrogen (secondary N) is 1. The van der Waals surface area contributed by atoms with Crippen molar-refractivity contribution in [1.29, 1.82) is 0 Å². The Morgan fingerprint density at radius 3 is 2.20 bits per heavy atom. The van der Waals surface area contributed by atoms with Crippen LogP contribution >= 0.6 is 0 Å². The van der Waals surface area contributed by atoms with Gasteiger partial charge in [0.2, 0.25) is 0 Å². The summed E-state index contributed by atoms with van der Waals surface area (Å²) in [7, 11) is 0. The van der Waals surface area contributed by atoms with E-state index in [1.54, 1.807) is 0 Å². The third-order valence-corrected chi connectivity index (χ3v) is 2.08. The van der Waals surface area contributed by atoms with Crippen LogP contribution in [0, 0.1) is 0 Å². The molecule has 1 radical (unpaired) electrons. The van der Waals surface area contributed by atoms with Gasteiger partial charge in [-0.05, 0) is 18.4 Å². The highest BCUT2D eigenvalue weighted by atomic mass is 14.8. The van der Waals surface area contributed by atoms with Crippen molar-refractivity contribution >= 4 is 0 Å². The molecule has 0 spiro atoms. The lowest BCUT2D eigenvalue weighted by molar-refractivity contribution is 0.710. The molecule has 0 atom stereocenters. The summed E-state index contributed by atoms with van der Waals surface area (Å²) in [6.45, 7) is 0. The molecule has 51 valence electrons. The standard InChI is InChI=1S/C9H10N/c10-9(6-7-9)8-4-2-1-3-5-8/h1-5,10H,6-7H2. The Morgan fingerprint density at radius 2 is 1.70 bits per heavy atom. The fourth-order valence-corrected chi connectivity index (χ4v) is 1.17. The second-order valence-electron chi connectivity index (χ2n) is 2.95. The highest BCUT2D eigenvalue weighted by Gasteiger charge is 2.40. The summed E-state index contributed by atoms with van der Waals surface area (Å²) < 4.78 is 0. The fourth-order valence-electron chi connectivity index (χ4n) is 1.17. The molecular formula is C9H10N. The molecule has 2 rings (SSSR count). The normalized spacial score (nSPS) is 20.5. The van der Waals surface area contributed by atoms with Gasteiger partial charge in [0.05, 0.1) is 5.54 Å². The van der Waals surface area contributed by atoms with E-state index in [2.05, 4.69) is 0 Å². The maximum absolute atomic E-state index is 7.78. The molecule has 1 aromatic carbocycles. The lowest BCUT2D eigenvalue weighted by Crippen LogP contribution is -2.05. The predicted molar refractivity (Wildman–Crippen MR) is 40.5 cm³/mol. The Kier molecular flexibility index (Phi) is 1.08. The van der Waals surface area contributed by atoms with Crippen LogP contribution < -0.4 is 5.73 Å². The van der Waals surface area contributed by atoms with E-state index < -0.39 is 0 Å². The molecule has 0 aliphatic heterocycles. The minimum atomic E-state index is -0.207. The Morgan fingerprint density at radius 1 is 1.10 bits per heavy atom. The summed E-state index contributed by atoms with van der Waals surface area (Å²) in [6, 6.07) is 10.1. The van der Waals surface area contributed by atoms with Crippen LogP contribution in [-0.2, 0) is 5.54 Å². The lowest BCUT2D eigenvalue weighted by Gasteiger charge is -2.05. The van der Waals surface area contributed by atoms with Gasteiger partial charge >= 0.3 is 0 Å². The van der Waals surface area contributed by atoms with Gasteiger partial charge in [0.15, 0.2) is 0 Å². The van der Waals surface area contributed by atoms with Crippen molar-refractivity contribution < 1.29 is 0 Å². The molecule has 10 heavy (non-hydrogen) atoms. The van der Waals surface area contributed by atoms with Gasteiger partial charge < -0.3 is 0 Å². The molecule has 0 unspecified atom stereocenters. The van der Waals surface area contributed by atoms with Gasteiger partial charge in [-0.3, -0.25) is 0 Å². The molecule has 1 aromatic rings. The maximum atomic E-state index is 7.78. The van der Waals surface area contributed by atoms with Gasteiger partial charge in [-0.15, -0.1) is 0 Å². The molecule has 0 heterocycles. The molecule has 0 saturated heterocycles. The monoisotopic (exact) mass is 132 g/mol. The van der Waals surface area contributed by atoms with Crippen molar-refractivity contribution in [2.45, 2.75) is 18.4 Å². The molecule has 1 heteroatoms. The van der Waals surface area contributed by atoms with Crippen LogP contribution in [0.4, 0.5) is 0 Å². The molecule has 1 saturated carbocycles. The SMILES string of the molecule is [NH]C1(c2ccccc2)CC1. The van der Waals surface area contributed by atoms with Crippen LogP contribution in [0.25, 0.3) is 0 Å². The van der Waals surface area contributed by atoms with Crippen molar-refractivity contribution in [3.8, 4) is 0 Å². The van der Waals surface area contributed by atoms with E-state index in [-0.39, 0.29) is 5.54 Å². The smallest absolute Gasteiger partial charge is 0.0573 e. The first kappa shape index (κ1) is 5.93. The van der Waals surface area contributed by atoms with Crippen LogP contribution in [0.2, 0.25) is 0 Å². The van der Waals surface area contributed by atoms with Gasteiger partial charge in [-0.25, -0.2) is 5.73 Å². The zero-order valence-electron chi connectivity index (χ0n) is 5.80. The van der Waals surface area contributed by atoms with E-state index in [1.807, 2.05) is 30.3 Å². The molecule has 1 N–H and O–H groups in total. The first-order valence-electron chi connectivity index (χ1n) is 3.62. The average molecular weight is 132 g/mol. The maximum Gasteiger partial charge on any atom is 0.0573 e. The summed E-state index contributed by atoms with van der Waals surface area (Å²) in [5.74, 6) is 0. The molecule has 1 aliphatic rings. The fraction of sp³-hybridized carbons (Fsp3) is 0.333. The van der Waals surface area contributed by atoms with E-state index in [0.717, 1.165) is 12.8 Å². The van der Waals surface area contributed by atoms with Crippen LogP contribution in [-0.4, -0.2) is 0 Å². The van der Waals surface area contributed by atoms with Crippen LogP contribution in [0.5, 0.6) is 0 Å². The first-order valence-corrected chi connectivity index (χ1v) is 3.62. The molecule has 1 nitrogen and oxygen atoms in total. The second kappa shape index (κ2) is 1.83. The lowest BCUT2D eigenvalue weighted by atomic mass is 10.1. The van der Waals surface area contributed by atoms with Crippen LogP contribution in [0.1, 0.15) is 18.4 Å². The van der Waals surface area contributed by atoms with Crippen molar-refractivity contribution in [2.75, 3.05) is 0 Å². The second-order valence-corrected chi connectivity index (χ2v) is 2.95. The summed E-state index contributed by atoms with van der Waals surface area (Å²) in [6.07, 6.45) is 2.08. The topological polar surface area (TPSA) is 23.8 Å². The van der Waals surface area contributed by atoms with Gasteiger partial charge in [0, 0.05) is 0 Å². The van der Waals surface area contributed by atoms with E-state index in [0.29, 0.717) is 0 Å². The van der Waals surface area contributed by atoms with Crippen molar-refractivity contribution in [3.05, 3.63) is 35.9 Å². The average Bonchev–Trinajstić information content (AvgIpc) is 2.72. The quantitative estimate of drug-likeness (QED) is 0.557. The Labute approximate surface area is 60.9 Å². The minimum Gasteiger partial charge on any atom is -0.246 e. The highest BCUT2D eigenvalue weighted by molar-refractivity contribution is 5.28. The summed E-state index contributed by atoms with van der Waals surface area (Å²) in [5.41, 5.74) is 8.75. The van der Waals surface area contributed by atoms with Crippen molar-refractivity contribution in [2.24, 2.45) is 0 Å². The van der Waals surface area contributed by atoms with Gasteiger partial charge in [0.1, 0.15) is 0 Å². The molecular weight excluding hydrogens is 122 g/mol. The van der Waals surface area contributed by atoms with Crippen molar-refractivity contribution in [3.63, 3.8) is 0 Å². The number of hydrogen-bond donors (Lipinski definition) is 0. The van der Waals surface area contributed by atoms with E-state index in [1.165, 1.54) is 5.56 Å². The number of rotatable bonds is 1. The number of benzene rings is 1. The number of hydrogen-bond acceptors (Lipinski definition) is 0. The zero-order valence-corrected chi connectivity index (χ0v) is 5.80. The van der Waals surface area contributed by atoms with Crippen LogP contribution in [0.3, 0.4) is 0 Å². The van der Waals surface area contributed by atoms with Gasteiger partial charge in [0.25, 0.3) is 0 Å². The molecule has 0 bridgehead atoms. The predicted octanol–water partition coefficient (Wildman–Crippen LogP) is 1.96. The Balaban J connectivity index is 2.35.